The van der Waals surface area contributed by atoms with Crippen molar-refractivity contribution >= 4 is 5.91 Å². The normalized spacial score (nSPS) is 19.8. The van der Waals surface area contributed by atoms with E-state index < -0.39 is 0 Å². The third kappa shape index (κ3) is 6.36. The standard InChI is InChI=1S/C14H30N4O/c1-4-6-17-8-10-18(11-9-17)7-5-13(14(15)19)16-12(2)3/h12-13,16H,4-11H2,1-3H3,(H2,15,19). The zero-order valence-electron chi connectivity index (χ0n) is 12.7. The van der Waals surface area contributed by atoms with Gasteiger partial charge in [0, 0.05) is 38.8 Å². The van der Waals surface area contributed by atoms with E-state index in [2.05, 4.69) is 22.0 Å². The number of carbonyl (C=O) groups is 1. The van der Waals surface area contributed by atoms with Crippen molar-refractivity contribution in [2.24, 2.45) is 5.73 Å². The van der Waals surface area contributed by atoms with E-state index in [0.717, 1.165) is 39.1 Å². The van der Waals surface area contributed by atoms with Gasteiger partial charge >= 0.3 is 0 Å². The molecule has 5 heteroatoms. The molecule has 1 amide bonds. The zero-order valence-corrected chi connectivity index (χ0v) is 12.7. The molecule has 19 heavy (non-hydrogen) atoms. The van der Waals surface area contributed by atoms with Crippen LogP contribution in [0.15, 0.2) is 0 Å². The molecule has 0 aromatic rings. The fourth-order valence-electron chi connectivity index (χ4n) is 2.57. The van der Waals surface area contributed by atoms with Crippen LogP contribution in [0.3, 0.4) is 0 Å². The summed E-state index contributed by atoms with van der Waals surface area (Å²) in [4.78, 5) is 16.3. The predicted octanol–water partition coefficient (Wildman–Crippen LogP) is 0.256. The molecule has 0 saturated carbocycles. The Hall–Kier alpha value is -0.650. The van der Waals surface area contributed by atoms with E-state index in [1.165, 1.54) is 13.0 Å². The second kappa shape index (κ2) is 8.51. The summed E-state index contributed by atoms with van der Waals surface area (Å²) < 4.78 is 0. The average molecular weight is 270 g/mol. The molecule has 1 aliphatic heterocycles. The highest BCUT2D eigenvalue weighted by Crippen LogP contribution is 2.05. The van der Waals surface area contributed by atoms with Crippen molar-refractivity contribution in [2.45, 2.75) is 45.7 Å². The summed E-state index contributed by atoms with van der Waals surface area (Å²) >= 11 is 0. The first-order valence-corrected chi connectivity index (χ1v) is 7.53. The van der Waals surface area contributed by atoms with Crippen LogP contribution in [0.5, 0.6) is 0 Å². The number of primary amides is 1. The van der Waals surface area contributed by atoms with E-state index in [1.807, 2.05) is 13.8 Å². The number of carbonyl (C=O) groups excluding carboxylic acids is 1. The Morgan fingerprint density at radius 1 is 1.16 bits per heavy atom. The molecule has 3 N–H and O–H groups in total. The molecule has 112 valence electrons. The zero-order chi connectivity index (χ0) is 14.3. The number of amides is 1. The van der Waals surface area contributed by atoms with Gasteiger partial charge in [0.15, 0.2) is 0 Å². The van der Waals surface area contributed by atoms with Gasteiger partial charge in [-0.25, -0.2) is 0 Å². The molecule has 0 aliphatic carbocycles. The molecule has 1 saturated heterocycles. The van der Waals surface area contributed by atoms with E-state index in [4.69, 9.17) is 5.73 Å². The summed E-state index contributed by atoms with van der Waals surface area (Å²) in [7, 11) is 0. The van der Waals surface area contributed by atoms with E-state index in [0.29, 0.717) is 6.04 Å². The van der Waals surface area contributed by atoms with Crippen LogP contribution in [0.25, 0.3) is 0 Å². The Morgan fingerprint density at radius 2 is 1.68 bits per heavy atom. The van der Waals surface area contributed by atoms with Crippen molar-refractivity contribution in [2.75, 3.05) is 39.3 Å². The second-order valence-electron chi connectivity index (χ2n) is 5.75. The maximum absolute atomic E-state index is 11.4. The van der Waals surface area contributed by atoms with Gasteiger partial charge in [-0.05, 0) is 19.4 Å². The van der Waals surface area contributed by atoms with Crippen molar-refractivity contribution in [1.82, 2.24) is 15.1 Å². The van der Waals surface area contributed by atoms with E-state index >= 15 is 0 Å². The van der Waals surface area contributed by atoms with Gasteiger partial charge in [-0.1, -0.05) is 20.8 Å². The number of nitrogens with one attached hydrogen (secondary N) is 1. The molecule has 1 rings (SSSR count). The molecular weight excluding hydrogens is 240 g/mol. The van der Waals surface area contributed by atoms with Crippen molar-refractivity contribution in [1.29, 1.82) is 0 Å². The minimum absolute atomic E-state index is 0.200. The number of nitrogens with two attached hydrogens (primary N) is 1. The van der Waals surface area contributed by atoms with Crippen molar-refractivity contribution in [3.63, 3.8) is 0 Å². The molecule has 0 radical (unpaired) electrons. The highest BCUT2D eigenvalue weighted by molar-refractivity contribution is 5.79. The van der Waals surface area contributed by atoms with Crippen LogP contribution in [0.4, 0.5) is 0 Å². The summed E-state index contributed by atoms with van der Waals surface area (Å²) in [6.07, 6.45) is 2.03. The molecule has 0 bridgehead atoms. The molecule has 0 spiro atoms. The Balaban J connectivity index is 2.26. The number of hydrogen-bond donors (Lipinski definition) is 2. The highest BCUT2D eigenvalue weighted by Gasteiger charge is 2.20. The van der Waals surface area contributed by atoms with E-state index in [9.17, 15) is 4.79 Å². The third-order valence-corrected chi connectivity index (χ3v) is 3.62. The second-order valence-corrected chi connectivity index (χ2v) is 5.75. The lowest BCUT2D eigenvalue weighted by Gasteiger charge is -2.35. The average Bonchev–Trinajstić information content (AvgIpc) is 2.36. The molecule has 1 atom stereocenters. The van der Waals surface area contributed by atoms with Gasteiger partial charge in [0.05, 0.1) is 6.04 Å². The number of hydrogen-bond acceptors (Lipinski definition) is 4. The van der Waals surface area contributed by atoms with Crippen molar-refractivity contribution < 1.29 is 4.79 Å². The van der Waals surface area contributed by atoms with Gasteiger partial charge < -0.3 is 20.9 Å². The quantitative estimate of drug-likeness (QED) is 0.664. The summed E-state index contributed by atoms with van der Waals surface area (Å²) in [6, 6.07) is 0.0903. The Bertz CT molecular complexity index is 262. The summed E-state index contributed by atoms with van der Waals surface area (Å²) in [5, 5.41) is 3.24. The monoisotopic (exact) mass is 270 g/mol. The van der Waals surface area contributed by atoms with Crippen LogP contribution < -0.4 is 11.1 Å². The smallest absolute Gasteiger partial charge is 0.234 e. The third-order valence-electron chi connectivity index (χ3n) is 3.62. The molecule has 5 nitrogen and oxygen atoms in total. The fraction of sp³-hybridized carbons (Fsp3) is 0.929. The first-order chi connectivity index (χ1) is 9.02. The molecule has 0 aromatic carbocycles. The first kappa shape index (κ1) is 16.4. The highest BCUT2D eigenvalue weighted by atomic mass is 16.1. The van der Waals surface area contributed by atoms with Gasteiger partial charge in [-0.15, -0.1) is 0 Å². The lowest BCUT2D eigenvalue weighted by Crippen LogP contribution is -2.50. The van der Waals surface area contributed by atoms with Crippen molar-refractivity contribution in [3.8, 4) is 0 Å². The van der Waals surface area contributed by atoms with E-state index in [1.54, 1.807) is 0 Å². The molecule has 1 fully saturated rings. The van der Waals surface area contributed by atoms with Crippen LogP contribution in [-0.2, 0) is 4.79 Å². The van der Waals surface area contributed by atoms with Gasteiger partial charge in [0.25, 0.3) is 0 Å². The molecule has 1 unspecified atom stereocenters. The number of piperazine rings is 1. The Kier molecular flexibility index (Phi) is 7.34. The summed E-state index contributed by atoms with van der Waals surface area (Å²) in [5.41, 5.74) is 5.43. The van der Waals surface area contributed by atoms with E-state index in [-0.39, 0.29) is 11.9 Å². The van der Waals surface area contributed by atoms with Crippen LogP contribution in [0.2, 0.25) is 0 Å². The first-order valence-electron chi connectivity index (χ1n) is 7.53. The summed E-state index contributed by atoms with van der Waals surface area (Å²) in [6.45, 7) is 13.0. The lowest BCUT2D eigenvalue weighted by atomic mass is 10.1. The van der Waals surface area contributed by atoms with Gasteiger partial charge in [-0.3, -0.25) is 4.79 Å². The van der Waals surface area contributed by atoms with Crippen LogP contribution in [-0.4, -0.2) is 67.1 Å². The van der Waals surface area contributed by atoms with Gasteiger partial charge in [0.2, 0.25) is 5.91 Å². The number of rotatable bonds is 8. The summed E-state index contributed by atoms with van der Waals surface area (Å²) in [5.74, 6) is -0.238. The van der Waals surface area contributed by atoms with Crippen LogP contribution in [0.1, 0.15) is 33.6 Å². The minimum atomic E-state index is -0.238. The Labute approximate surface area is 117 Å². The molecule has 1 heterocycles. The fourth-order valence-corrected chi connectivity index (χ4v) is 2.57. The predicted molar refractivity (Wildman–Crippen MR) is 79.0 cm³/mol. The minimum Gasteiger partial charge on any atom is -0.368 e. The largest absolute Gasteiger partial charge is 0.368 e. The molecule has 1 aliphatic rings. The number of nitrogens with zero attached hydrogens (tertiary/aromatic N) is 2. The topological polar surface area (TPSA) is 61.6 Å². The lowest BCUT2D eigenvalue weighted by molar-refractivity contribution is -0.120. The van der Waals surface area contributed by atoms with Crippen molar-refractivity contribution in [3.05, 3.63) is 0 Å². The molecular formula is C14H30N4O. The van der Waals surface area contributed by atoms with Crippen LogP contribution >= 0.6 is 0 Å². The molecule has 0 aromatic heterocycles. The van der Waals surface area contributed by atoms with Gasteiger partial charge in [-0.2, -0.15) is 0 Å². The SMILES string of the molecule is CCCN1CCN(CCC(NC(C)C)C(N)=O)CC1. The van der Waals surface area contributed by atoms with Crippen LogP contribution in [0, 0.1) is 0 Å². The van der Waals surface area contributed by atoms with Gasteiger partial charge in [0.1, 0.15) is 0 Å². The maximum atomic E-state index is 11.4. The Morgan fingerprint density at radius 3 is 2.11 bits per heavy atom. The maximum Gasteiger partial charge on any atom is 0.234 e.